The van der Waals surface area contributed by atoms with Crippen LogP contribution in [0.15, 0.2) is 66.7 Å². The van der Waals surface area contributed by atoms with Crippen molar-refractivity contribution in [1.82, 2.24) is 0 Å². The molecule has 0 fully saturated rings. The number of anilines is 1. The van der Waals surface area contributed by atoms with E-state index in [1.807, 2.05) is 18.7 Å². The first-order valence-corrected chi connectivity index (χ1v) is 11.8. The smallest absolute Gasteiger partial charge is 0.456 e. The Morgan fingerprint density at radius 3 is 2.31 bits per heavy atom. The van der Waals surface area contributed by atoms with E-state index in [9.17, 15) is 22.7 Å². The van der Waals surface area contributed by atoms with Crippen molar-refractivity contribution in [3.05, 3.63) is 82.3 Å². The van der Waals surface area contributed by atoms with Crippen LogP contribution in [-0.2, 0) is 6.54 Å². The fourth-order valence-electron chi connectivity index (χ4n) is 3.26. The molecule has 0 aromatic heterocycles. The van der Waals surface area contributed by atoms with Gasteiger partial charge in [-0.3, -0.25) is 0 Å². The molecule has 0 heterocycles. The van der Waals surface area contributed by atoms with E-state index in [1.165, 1.54) is 18.2 Å². The first-order valence-electron chi connectivity index (χ1n) is 11.0. The van der Waals surface area contributed by atoms with Gasteiger partial charge in [-0.2, -0.15) is 17.6 Å². The second-order valence-corrected chi connectivity index (χ2v) is 9.24. The minimum atomic E-state index is -4.61. The molecule has 4 nitrogen and oxygen atoms in total. The Hall–Kier alpha value is -2.68. The number of hydrogen-bond donors (Lipinski definition) is 1. The molecule has 0 aliphatic carbocycles. The number of benzene rings is 3. The standard InChI is InChI=1S/C26H25Cl2F4NO3/c1-16(2)22(34)15-33(14-17-6-3-9-20(12-17)36-26(31,32)25(29)30)18-7-4-8-19(13-18)35-23-11-5-10-21(27)24(23)28/h3-13,16,22,25,34H,14-15H2,1-2H3. The predicted molar refractivity (Wildman–Crippen MR) is 133 cm³/mol. The fourth-order valence-corrected chi connectivity index (χ4v) is 3.59. The lowest BCUT2D eigenvalue weighted by molar-refractivity contribution is -0.253. The van der Waals surface area contributed by atoms with E-state index in [2.05, 4.69) is 4.74 Å². The molecule has 1 atom stereocenters. The van der Waals surface area contributed by atoms with Crippen molar-refractivity contribution < 1.29 is 32.1 Å². The van der Waals surface area contributed by atoms with Crippen LogP contribution in [0.2, 0.25) is 10.0 Å². The first kappa shape index (κ1) is 27.9. The largest absolute Gasteiger partial charge is 0.461 e. The lowest BCUT2D eigenvalue weighted by atomic mass is 10.1. The van der Waals surface area contributed by atoms with E-state index in [4.69, 9.17) is 27.9 Å². The van der Waals surface area contributed by atoms with Gasteiger partial charge in [-0.15, -0.1) is 0 Å². The van der Waals surface area contributed by atoms with Crippen molar-refractivity contribution in [3.63, 3.8) is 0 Å². The van der Waals surface area contributed by atoms with Crippen molar-refractivity contribution in [3.8, 4) is 17.2 Å². The Labute approximate surface area is 217 Å². The Morgan fingerprint density at radius 1 is 0.944 bits per heavy atom. The van der Waals surface area contributed by atoms with Crippen LogP contribution in [0.25, 0.3) is 0 Å². The van der Waals surface area contributed by atoms with Gasteiger partial charge in [-0.05, 0) is 47.9 Å². The van der Waals surface area contributed by atoms with E-state index in [0.29, 0.717) is 27.8 Å². The van der Waals surface area contributed by atoms with Crippen LogP contribution in [-0.4, -0.2) is 30.3 Å². The molecule has 194 valence electrons. The molecular formula is C26H25Cl2F4NO3. The van der Waals surface area contributed by atoms with Gasteiger partial charge in [0.2, 0.25) is 0 Å². The summed E-state index contributed by atoms with van der Waals surface area (Å²) in [6.45, 7) is 4.11. The van der Waals surface area contributed by atoms with Crippen molar-refractivity contribution in [2.45, 2.75) is 39.0 Å². The monoisotopic (exact) mass is 545 g/mol. The molecule has 0 spiro atoms. The zero-order chi connectivity index (χ0) is 26.5. The molecular weight excluding hydrogens is 521 g/mol. The van der Waals surface area contributed by atoms with Gasteiger partial charge in [0.25, 0.3) is 0 Å². The molecule has 3 rings (SSSR count). The minimum absolute atomic E-state index is 0.0587. The van der Waals surface area contributed by atoms with Gasteiger partial charge in [0.1, 0.15) is 22.3 Å². The summed E-state index contributed by atoms with van der Waals surface area (Å²) in [6.07, 6.45) is -9.28. The number of nitrogens with zero attached hydrogens (tertiary/aromatic N) is 1. The summed E-state index contributed by atoms with van der Waals surface area (Å²) < 4.78 is 62.0. The summed E-state index contributed by atoms with van der Waals surface area (Å²) in [4.78, 5) is 1.82. The summed E-state index contributed by atoms with van der Waals surface area (Å²) >= 11 is 12.3. The molecule has 1 unspecified atom stereocenters. The van der Waals surface area contributed by atoms with E-state index < -0.39 is 24.4 Å². The summed E-state index contributed by atoms with van der Waals surface area (Å²) in [5.41, 5.74) is 1.17. The van der Waals surface area contributed by atoms with Gasteiger partial charge in [-0.1, -0.05) is 61.3 Å². The second kappa shape index (κ2) is 12.0. The van der Waals surface area contributed by atoms with Gasteiger partial charge < -0.3 is 19.5 Å². The van der Waals surface area contributed by atoms with E-state index >= 15 is 0 Å². The summed E-state index contributed by atoms with van der Waals surface area (Å²) in [5, 5.41) is 11.2. The maximum Gasteiger partial charge on any atom is 0.461 e. The number of halogens is 6. The molecule has 0 saturated carbocycles. The highest BCUT2D eigenvalue weighted by Gasteiger charge is 2.44. The summed E-state index contributed by atoms with van der Waals surface area (Å²) in [5.74, 6) is 0.362. The van der Waals surface area contributed by atoms with Crippen LogP contribution in [0.1, 0.15) is 19.4 Å². The van der Waals surface area contributed by atoms with Crippen LogP contribution < -0.4 is 14.4 Å². The molecule has 0 saturated heterocycles. The summed E-state index contributed by atoms with van der Waals surface area (Å²) in [7, 11) is 0. The highest BCUT2D eigenvalue weighted by molar-refractivity contribution is 6.42. The van der Waals surface area contributed by atoms with E-state index in [0.717, 1.165) is 0 Å². The quantitative estimate of drug-likeness (QED) is 0.247. The van der Waals surface area contributed by atoms with Crippen LogP contribution >= 0.6 is 23.2 Å². The maximum atomic E-state index is 13.4. The third kappa shape index (κ3) is 7.41. The second-order valence-electron chi connectivity index (χ2n) is 8.46. The van der Waals surface area contributed by atoms with E-state index in [1.54, 1.807) is 48.5 Å². The maximum absolute atomic E-state index is 13.4. The van der Waals surface area contributed by atoms with E-state index in [-0.39, 0.29) is 24.0 Å². The molecule has 0 aliphatic heterocycles. The molecule has 0 radical (unpaired) electrons. The highest BCUT2D eigenvalue weighted by atomic mass is 35.5. The molecule has 0 aliphatic rings. The van der Waals surface area contributed by atoms with Crippen molar-refractivity contribution >= 4 is 28.9 Å². The van der Waals surface area contributed by atoms with Gasteiger partial charge in [0, 0.05) is 24.8 Å². The highest BCUT2D eigenvalue weighted by Crippen LogP contribution is 2.36. The Kier molecular flexibility index (Phi) is 9.33. The number of hydrogen-bond acceptors (Lipinski definition) is 4. The lowest BCUT2D eigenvalue weighted by Gasteiger charge is -2.29. The van der Waals surface area contributed by atoms with Crippen LogP contribution in [0, 0.1) is 5.92 Å². The van der Waals surface area contributed by atoms with Crippen molar-refractivity contribution in [2.75, 3.05) is 11.4 Å². The first-order chi connectivity index (χ1) is 17.0. The minimum Gasteiger partial charge on any atom is -0.456 e. The fraction of sp³-hybridized carbons (Fsp3) is 0.308. The molecule has 3 aromatic rings. The number of aliphatic hydroxyl groups is 1. The van der Waals surface area contributed by atoms with Gasteiger partial charge in [0.15, 0.2) is 0 Å². The predicted octanol–water partition coefficient (Wildman–Crippen LogP) is 8.05. The number of ether oxygens (including phenoxy) is 2. The Morgan fingerprint density at radius 2 is 1.61 bits per heavy atom. The molecule has 1 N–H and O–H groups in total. The molecule has 0 bridgehead atoms. The average molecular weight is 546 g/mol. The lowest BCUT2D eigenvalue weighted by Crippen LogP contribution is -2.35. The normalized spacial score (nSPS) is 12.6. The zero-order valence-electron chi connectivity index (χ0n) is 19.5. The van der Waals surface area contributed by atoms with Crippen molar-refractivity contribution in [1.29, 1.82) is 0 Å². The number of rotatable bonds is 11. The third-order valence-corrected chi connectivity index (χ3v) is 6.09. The molecule has 3 aromatic carbocycles. The Bertz CT molecular complexity index is 1160. The molecule has 36 heavy (non-hydrogen) atoms. The number of aliphatic hydroxyl groups excluding tert-OH is 1. The van der Waals surface area contributed by atoms with Crippen LogP contribution in [0.5, 0.6) is 17.2 Å². The SMILES string of the molecule is CC(C)C(O)CN(Cc1cccc(OC(F)(F)C(F)F)c1)c1cccc(Oc2cccc(Cl)c2Cl)c1. The zero-order valence-corrected chi connectivity index (χ0v) is 21.0. The number of alkyl halides is 4. The van der Waals surface area contributed by atoms with Crippen LogP contribution in [0.4, 0.5) is 23.2 Å². The average Bonchev–Trinajstić information content (AvgIpc) is 2.81. The van der Waals surface area contributed by atoms with Crippen LogP contribution in [0.3, 0.4) is 0 Å². The molecule has 10 heteroatoms. The van der Waals surface area contributed by atoms with Crippen molar-refractivity contribution in [2.24, 2.45) is 5.92 Å². The molecule has 0 amide bonds. The third-order valence-electron chi connectivity index (χ3n) is 5.28. The van der Waals surface area contributed by atoms with Gasteiger partial charge in [-0.25, -0.2) is 0 Å². The summed E-state index contributed by atoms with van der Waals surface area (Å²) in [6, 6.07) is 17.5. The Balaban J connectivity index is 1.88. The topological polar surface area (TPSA) is 41.9 Å². The van der Waals surface area contributed by atoms with Gasteiger partial charge >= 0.3 is 12.5 Å². The van der Waals surface area contributed by atoms with Gasteiger partial charge in [0.05, 0.1) is 11.1 Å².